The zero-order chi connectivity index (χ0) is 17.3. The number of nitrogen functional groups attached to an aromatic ring is 1. The second kappa shape index (κ2) is 6.43. The average molecular weight is 337 g/mol. The zero-order valence-electron chi connectivity index (χ0n) is 14.3. The van der Waals surface area contributed by atoms with E-state index in [2.05, 4.69) is 15.0 Å². The number of carbonyl (C=O) groups excluding carboxylic acids is 1. The van der Waals surface area contributed by atoms with E-state index in [0.29, 0.717) is 12.4 Å². The van der Waals surface area contributed by atoms with Gasteiger partial charge in [-0.3, -0.25) is 9.78 Å². The van der Waals surface area contributed by atoms with Gasteiger partial charge in [-0.25, -0.2) is 9.97 Å². The van der Waals surface area contributed by atoms with Crippen LogP contribution >= 0.6 is 0 Å². The number of anilines is 1. The Labute approximate surface area is 147 Å². The molecule has 0 radical (unpaired) electrons. The first-order chi connectivity index (χ1) is 12.2. The van der Waals surface area contributed by atoms with Crippen molar-refractivity contribution in [2.24, 2.45) is 0 Å². The third-order valence-corrected chi connectivity index (χ3v) is 5.54. The molecule has 1 amide bonds. The van der Waals surface area contributed by atoms with Crippen molar-refractivity contribution in [1.82, 2.24) is 19.9 Å². The summed E-state index contributed by atoms with van der Waals surface area (Å²) in [6.45, 7) is 1.59. The first kappa shape index (κ1) is 16.0. The summed E-state index contributed by atoms with van der Waals surface area (Å²) < 4.78 is 0. The Kier molecular flexibility index (Phi) is 4.11. The van der Waals surface area contributed by atoms with Gasteiger partial charge >= 0.3 is 0 Å². The minimum absolute atomic E-state index is 0.0331. The van der Waals surface area contributed by atoms with Crippen LogP contribution in [0.1, 0.15) is 42.5 Å². The molecule has 2 aromatic heterocycles. The van der Waals surface area contributed by atoms with Crippen LogP contribution in [-0.4, -0.2) is 38.8 Å². The summed E-state index contributed by atoms with van der Waals surface area (Å²) in [6.07, 6.45) is 10.8. The number of nitrogens with two attached hydrogens (primary N) is 1. The van der Waals surface area contributed by atoms with E-state index in [1.54, 1.807) is 6.20 Å². The quantitative estimate of drug-likeness (QED) is 0.924. The summed E-state index contributed by atoms with van der Waals surface area (Å²) in [5, 5.41) is 0. The lowest BCUT2D eigenvalue weighted by atomic mass is 9.77. The van der Waals surface area contributed by atoms with Gasteiger partial charge in [0.25, 0.3) is 0 Å². The third-order valence-electron chi connectivity index (χ3n) is 5.54. The predicted octanol–water partition coefficient (Wildman–Crippen LogP) is 1.89. The van der Waals surface area contributed by atoms with E-state index >= 15 is 0 Å². The molecular formula is C19H23N5O. The summed E-state index contributed by atoms with van der Waals surface area (Å²) in [5.74, 6) is 0.554. The van der Waals surface area contributed by atoms with Crippen LogP contribution in [0.2, 0.25) is 0 Å². The highest BCUT2D eigenvalue weighted by Crippen LogP contribution is 2.44. The molecule has 1 aliphatic carbocycles. The molecule has 1 spiro atoms. The van der Waals surface area contributed by atoms with Gasteiger partial charge in [0.05, 0.1) is 5.69 Å². The van der Waals surface area contributed by atoms with Crippen molar-refractivity contribution < 1.29 is 4.79 Å². The van der Waals surface area contributed by atoms with Gasteiger partial charge in [-0.1, -0.05) is 6.07 Å². The molecule has 1 fully saturated rings. The second-order valence-corrected chi connectivity index (χ2v) is 7.16. The summed E-state index contributed by atoms with van der Waals surface area (Å²) in [7, 11) is 0. The maximum absolute atomic E-state index is 12.7. The molecule has 6 heteroatoms. The lowest BCUT2D eigenvalue weighted by molar-refractivity contribution is -0.133. The smallest absolute Gasteiger partial charge is 0.222 e. The van der Waals surface area contributed by atoms with Crippen LogP contribution in [0.25, 0.3) is 0 Å². The van der Waals surface area contributed by atoms with Crippen molar-refractivity contribution in [3.05, 3.63) is 47.5 Å². The predicted molar refractivity (Wildman–Crippen MR) is 94.8 cm³/mol. The molecule has 2 aliphatic rings. The molecule has 2 N–H and O–H groups in total. The fourth-order valence-corrected chi connectivity index (χ4v) is 4.25. The maximum Gasteiger partial charge on any atom is 0.222 e. The molecular weight excluding hydrogens is 314 g/mol. The van der Waals surface area contributed by atoms with Gasteiger partial charge < -0.3 is 10.6 Å². The number of aryl methyl sites for hydroxylation is 2. The standard InChI is InChI=1S/C19H23N5O/c20-18-22-12-15-6-8-19(17(15)23-18)7-2-10-24(13-19)16(25)5-4-14-3-1-9-21-11-14/h1,3,9,11-12H,2,4-8,10,13H2,(H2,20,22,23). The topological polar surface area (TPSA) is 85.0 Å². The molecule has 1 atom stereocenters. The minimum Gasteiger partial charge on any atom is -0.368 e. The lowest BCUT2D eigenvalue weighted by Gasteiger charge is -2.40. The van der Waals surface area contributed by atoms with Crippen molar-refractivity contribution in [3.8, 4) is 0 Å². The molecule has 130 valence electrons. The fourth-order valence-electron chi connectivity index (χ4n) is 4.25. The molecule has 0 saturated carbocycles. The largest absolute Gasteiger partial charge is 0.368 e. The van der Waals surface area contributed by atoms with Gasteiger partial charge in [-0.05, 0) is 49.3 Å². The van der Waals surface area contributed by atoms with E-state index in [1.807, 2.05) is 29.4 Å². The van der Waals surface area contributed by atoms with E-state index in [4.69, 9.17) is 5.73 Å². The molecule has 1 saturated heterocycles. The van der Waals surface area contributed by atoms with Gasteiger partial charge in [0.1, 0.15) is 0 Å². The Morgan fingerprint density at radius 3 is 3.08 bits per heavy atom. The highest BCUT2D eigenvalue weighted by Gasteiger charge is 2.44. The normalized spacial score (nSPS) is 22.2. The van der Waals surface area contributed by atoms with E-state index in [9.17, 15) is 4.79 Å². The lowest BCUT2D eigenvalue weighted by Crippen LogP contribution is -2.48. The van der Waals surface area contributed by atoms with Crippen molar-refractivity contribution in [2.45, 2.75) is 43.9 Å². The molecule has 2 aromatic rings. The van der Waals surface area contributed by atoms with Gasteiger partial charge in [0.15, 0.2) is 0 Å². The number of amides is 1. The summed E-state index contributed by atoms with van der Waals surface area (Å²) in [5.41, 5.74) is 9.16. The molecule has 0 bridgehead atoms. The van der Waals surface area contributed by atoms with E-state index in [-0.39, 0.29) is 11.3 Å². The van der Waals surface area contributed by atoms with Crippen molar-refractivity contribution in [2.75, 3.05) is 18.8 Å². The number of piperidine rings is 1. The number of likely N-dealkylation sites (tertiary alicyclic amines) is 1. The first-order valence-electron chi connectivity index (χ1n) is 8.95. The number of hydrogen-bond donors (Lipinski definition) is 1. The van der Waals surface area contributed by atoms with Crippen LogP contribution in [0.5, 0.6) is 0 Å². The maximum atomic E-state index is 12.7. The van der Waals surface area contributed by atoms with E-state index in [1.165, 1.54) is 5.56 Å². The first-order valence-corrected chi connectivity index (χ1v) is 8.95. The Balaban J connectivity index is 1.47. The third kappa shape index (κ3) is 3.08. The van der Waals surface area contributed by atoms with Crippen LogP contribution < -0.4 is 5.73 Å². The van der Waals surface area contributed by atoms with Gasteiger partial charge in [0, 0.05) is 43.5 Å². The Morgan fingerprint density at radius 1 is 1.32 bits per heavy atom. The van der Waals surface area contributed by atoms with E-state index < -0.39 is 0 Å². The van der Waals surface area contributed by atoms with Crippen LogP contribution in [-0.2, 0) is 23.1 Å². The second-order valence-electron chi connectivity index (χ2n) is 7.16. The number of rotatable bonds is 3. The van der Waals surface area contributed by atoms with Gasteiger partial charge in [-0.2, -0.15) is 0 Å². The molecule has 6 nitrogen and oxygen atoms in total. The number of nitrogens with zero attached hydrogens (tertiary/aromatic N) is 4. The SMILES string of the molecule is Nc1ncc2c(n1)C1(CCCN(C(=O)CCc3cccnc3)C1)CC2. The number of aromatic nitrogens is 3. The number of pyridine rings is 1. The monoisotopic (exact) mass is 337 g/mol. The van der Waals surface area contributed by atoms with Gasteiger partial charge in [0.2, 0.25) is 11.9 Å². The summed E-state index contributed by atoms with van der Waals surface area (Å²) >= 11 is 0. The summed E-state index contributed by atoms with van der Waals surface area (Å²) in [6, 6.07) is 3.93. The molecule has 25 heavy (non-hydrogen) atoms. The highest BCUT2D eigenvalue weighted by atomic mass is 16.2. The van der Waals surface area contributed by atoms with Crippen molar-refractivity contribution >= 4 is 11.9 Å². The van der Waals surface area contributed by atoms with E-state index in [0.717, 1.165) is 56.5 Å². The molecule has 1 unspecified atom stereocenters. The Morgan fingerprint density at radius 2 is 2.24 bits per heavy atom. The van der Waals surface area contributed by atoms with Crippen LogP contribution in [0, 0.1) is 0 Å². The molecule has 3 heterocycles. The van der Waals surface area contributed by atoms with Gasteiger partial charge in [-0.15, -0.1) is 0 Å². The van der Waals surface area contributed by atoms with Crippen LogP contribution in [0.15, 0.2) is 30.7 Å². The van der Waals surface area contributed by atoms with Crippen molar-refractivity contribution in [3.63, 3.8) is 0 Å². The zero-order valence-corrected chi connectivity index (χ0v) is 14.3. The molecule has 0 aromatic carbocycles. The number of carbonyl (C=O) groups is 1. The Hall–Kier alpha value is -2.50. The van der Waals surface area contributed by atoms with Crippen LogP contribution in [0.3, 0.4) is 0 Å². The summed E-state index contributed by atoms with van der Waals surface area (Å²) in [4.78, 5) is 27.5. The highest BCUT2D eigenvalue weighted by molar-refractivity contribution is 5.76. The number of fused-ring (bicyclic) bond motifs is 2. The minimum atomic E-state index is -0.0331. The average Bonchev–Trinajstić information content (AvgIpc) is 2.98. The van der Waals surface area contributed by atoms with Crippen LogP contribution in [0.4, 0.5) is 5.95 Å². The number of hydrogen-bond acceptors (Lipinski definition) is 5. The molecule has 4 rings (SSSR count). The molecule has 1 aliphatic heterocycles. The Bertz CT molecular complexity index is 775. The fraction of sp³-hybridized carbons (Fsp3) is 0.474. The van der Waals surface area contributed by atoms with Crippen molar-refractivity contribution in [1.29, 1.82) is 0 Å².